The van der Waals surface area contributed by atoms with Crippen molar-refractivity contribution in [3.63, 3.8) is 0 Å². The van der Waals surface area contributed by atoms with Crippen LogP contribution in [0.15, 0.2) is 0 Å². The third-order valence-electron chi connectivity index (χ3n) is 17.6. The number of aliphatic hydroxyl groups is 1. The van der Waals surface area contributed by atoms with Crippen molar-refractivity contribution in [1.82, 2.24) is 0 Å². The van der Waals surface area contributed by atoms with E-state index >= 15 is 0 Å². The summed E-state index contributed by atoms with van der Waals surface area (Å²) in [6.07, 6.45) is 52.6. The first-order valence-electron chi connectivity index (χ1n) is 38.5. The molecular formula is C74H144O17P2. The zero-order chi connectivity index (χ0) is 68.6. The predicted molar refractivity (Wildman–Crippen MR) is 377 cm³/mol. The fourth-order valence-electron chi connectivity index (χ4n) is 11.3. The van der Waals surface area contributed by atoms with Crippen molar-refractivity contribution in [3.8, 4) is 0 Å². The van der Waals surface area contributed by atoms with E-state index in [1.807, 2.05) is 0 Å². The van der Waals surface area contributed by atoms with E-state index in [1.54, 1.807) is 0 Å². The zero-order valence-corrected chi connectivity index (χ0v) is 62.3. The van der Waals surface area contributed by atoms with E-state index in [2.05, 4.69) is 41.5 Å². The summed E-state index contributed by atoms with van der Waals surface area (Å²) in [5.41, 5.74) is 0. The second-order valence-electron chi connectivity index (χ2n) is 27.4. The van der Waals surface area contributed by atoms with Crippen LogP contribution >= 0.6 is 15.6 Å². The van der Waals surface area contributed by atoms with Gasteiger partial charge in [0.2, 0.25) is 0 Å². The van der Waals surface area contributed by atoms with Gasteiger partial charge in [0.15, 0.2) is 12.2 Å². The Hall–Kier alpha value is -1.94. The monoisotopic (exact) mass is 1370 g/mol. The molecule has 0 heterocycles. The minimum Gasteiger partial charge on any atom is -0.462 e. The van der Waals surface area contributed by atoms with E-state index in [1.165, 1.54) is 193 Å². The van der Waals surface area contributed by atoms with Crippen LogP contribution in [0.1, 0.15) is 382 Å². The Balaban J connectivity index is 5.25. The molecule has 3 unspecified atom stereocenters. The van der Waals surface area contributed by atoms with Crippen LogP contribution in [0.3, 0.4) is 0 Å². The van der Waals surface area contributed by atoms with Gasteiger partial charge in [-0.3, -0.25) is 37.3 Å². The molecule has 552 valence electrons. The van der Waals surface area contributed by atoms with Gasteiger partial charge >= 0.3 is 39.5 Å². The van der Waals surface area contributed by atoms with Crippen LogP contribution in [0.2, 0.25) is 0 Å². The topological polar surface area (TPSA) is 237 Å². The van der Waals surface area contributed by atoms with Crippen molar-refractivity contribution >= 4 is 39.5 Å². The Kier molecular flexibility index (Phi) is 64.6. The molecule has 0 aliphatic carbocycles. The molecule has 93 heavy (non-hydrogen) atoms. The number of phosphoric ester groups is 2. The minimum atomic E-state index is -4.96. The minimum absolute atomic E-state index is 0.106. The quantitative estimate of drug-likeness (QED) is 0.0222. The number of rotatable bonds is 73. The third kappa shape index (κ3) is 67.0. The first-order valence-corrected chi connectivity index (χ1v) is 41.5. The van der Waals surface area contributed by atoms with Gasteiger partial charge in [-0.05, 0) is 37.5 Å². The van der Waals surface area contributed by atoms with Crippen LogP contribution in [-0.2, 0) is 65.4 Å². The van der Waals surface area contributed by atoms with Gasteiger partial charge in [0.1, 0.15) is 19.3 Å². The summed E-state index contributed by atoms with van der Waals surface area (Å²) in [6.45, 7) is 9.55. The fraction of sp³-hybridized carbons (Fsp3) is 0.946. The standard InChI is InChI=1S/C74H144O17P2/c1-7-10-12-14-16-18-20-22-23-24-25-26-30-35-39-47-53-59-74(79)90-69(62-84-71(76)56-50-44-37-33-31-27-28-32-36-42-48-54-66(4)5)64-88-92(80,81)86-60-68(75)61-87-93(82,83)89-65-70(63-85-72(77)57-51-45-41-40-43-49-55-67(6)9-3)91-73(78)58-52-46-38-34-29-21-19-17-15-13-11-8-2/h66-70,75H,7-65H2,1-6H3,(H,80,81)(H,82,83)/t67?,68-,69-,70-/m1/s1. The number of ether oxygens (including phenoxy) is 4. The summed E-state index contributed by atoms with van der Waals surface area (Å²) in [5.74, 6) is -0.615. The molecule has 3 N–H and O–H groups in total. The molecule has 0 aromatic heterocycles. The molecule has 6 atom stereocenters. The molecular weight excluding hydrogens is 1220 g/mol. The molecule has 0 aliphatic rings. The molecule has 0 aromatic rings. The highest BCUT2D eigenvalue weighted by molar-refractivity contribution is 7.47. The molecule has 0 aromatic carbocycles. The van der Waals surface area contributed by atoms with Crippen molar-refractivity contribution in [2.45, 2.75) is 400 Å². The Bertz CT molecular complexity index is 1810. The Morgan fingerprint density at radius 3 is 0.817 bits per heavy atom. The van der Waals surface area contributed by atoms with E-state index in [0.717, 1.165) is 108 Å². The zero-order valence-electron chi connectivity index (χ0n) is 60.6. The Morgan fingerprint density at radius 1 is 0.312 bits per heavy atom. The number of esters is 4. The van der Waals surface area contributed by atoms with Gasteiger partial charge in [-0.25, -0.2) is 9.13 Å². The molecule has 0 amide bonds. The highest BCUT2D eigenvalue weighted by Gasteiger charge is 2.30. The van der Waals surface area contributed by atoms with Gasteiger partial charge in [-0.2, -0.15) is 0 Å². The predicted octanol–water partition coefficient (Wildman–Crippen LogP) is 21.6. The first kappa shape index (κ1) is 91.1. The fourth-order valence-corrected chi connectivity index (χ4v) is 12.8. The maximum Gasteiger partial charge on any atom is 0.472 e. The second-order valence-corrected chi connectivity index (χ2v) is 30.3. The lowest BCUT2D eigenvalue weighted by atomic mass is 10.00. The molecule has 0 aliphatic heterocycles. The molecule has 0 saturated carbocycles. The summed E-state index contributed by atoms with van der Waals surface area (Å²) in [7, 11) is -9.91. The lowest BCUT2D eigenvalue weighted by Gasteiger charge is -2.21. The van der Waals surface area contributed by atoms with Crippen LogP contribution in [-0.4, -0.2) is 96.7 Å². The molecule has 0 fully saturated rings. The maximum absolute atomic E-state index is 13.1. The number of carbonyl (C=O) groups is 4. The normalized spacial score (nSPS) is 14.3. The van der Waals surface area contributed by atoms with Crippen LogP contribution in [0, 0.1) is 11.8 Å². The average Bonchev–Trinajstić information content (AvgIpc) is 2.87. The van der Waals surface area contributed by atoms with Crippen LogP contribution in [0.25, 0.3) is 0 Å². The van der Waals surface area contributed by atoms with E-state index in [0.29, 0.717) is 25.7 Å². The lowest BCUT2D eigenvalue weighted by molar-refractivity contribution is -0.161. The van der Waals surface area contributed by atoms with E-state index in [-0.39, 0.29) is 25.7 Å². The molecule has 0 rings (SSSR count). The van der Waals surface area contributed by atoms with Gasteiger partial charge in [-0.15, -0.1) is 0 Å². The van der Waals surface area contributed by atoms with Crippen molar-refractivity contribution < 1.29 is 80.2 Å². The van der Waals surface area contributed by atoms with Gasteiger partial charge in [0.25, 0.3) is 0 Å². The lowest BCUT2D eigenvalue weighted by Crippen LogP contribution is -2.30. The SMILES string of the molecule is CCCCCCCCCCCCCCCCCCCC(=O)O[C@H](COC(=O)CCCCCCCCCCCCCC(C)C)COP(=O)(O)OC[C@@H](O)COP(=O)(O)OC[C@@H](COC(=O)CCCCCCCCC(C)CC)OC(=O)CCCCCCCCCCCCCC. The Morgan fingerprint density at radius 2 is 0.548 bits per heavy atom. The van der Waals surface area contributed by atoms with Crippen LogP contribution in [0.5, 0.6) is 0 Å². The summed E-state index contributed by atoms with van der Waals surface area (Å²) in [4.78, 5) is 72.7. The molecule has 0 radical (unpaired) electrons. The van der Waals surface area contributed by atoms with Gasteiger partial charge < -0.3 is 33.8 Å². The largest absolute Gasteiger partial charge is 0.472 e. The van der Waals surface area contributed by atoms with E-state index in [9.17, 15) is 43.2 Å². The smallest absolute Gasteiger partial charge is 0.462 e. The molecule has 0 spiro atoms. The maximum atomic E-state index is 13.1. The van der Waals surface area contributed by atoms with Crippen LogP contribution < -0.4 is 0 Å². The van der Waals surface area contributed by atoms with Crippen molar-refractivity contribution in [1.29, 1.82) is 0 Å². The van der Waals surface area contributed by atoms with Crippen molar-refractivity contribution in [2.75, 3.05) is 39.6 Å². The van der Waals surface area contributed by atoms with E-state index in [4.69, 9.17) is 37.0 Å². The highest BCUT2D eigenvalue weighted by atomic mass is 31.2. The summed E-state index contributed by atoms with van der Waals surface area (Å²) in [6, 6.07) is 0. The number of unbranched alkanes of at least 4 members (excludes halogenated alkanes) is 42. The van der Waals surface area contributed by atoms with E-state index < -0.39 is 97.5 Å². The number of aliphatic hydroxyl groups excluding tert-OH is 1. The van der Waals surface area contributed by atoms with Gasteiger partial charge in [-0.1, -0.05) is 330 Å². The summed E-state index contributed by atoms with van der Waals surface area (Å²) >= 11 is 0. The highest BCUT2D eigenvalue weighted by Crippen LogP contribution is 2.45. The summed E-state index contributed by atoms with van der Waals surface area (Å²) in [5, 5.41) is 10.6. The summed E-state index contributed by atoms with van der Waals surface area (Å²) < 4.78 is 68.4. The Labute approximate surface area is 568 Å². The number of hydrogen-bond acceptors (Lipinski definition) is 15. The second kappa shape index (κ2) is 66.0. The number of hydrogen-bond donors (Lipinski definition) is 3. The molecule has 0 bridgehead atoms. The number of carbonyl (C=O) groups excluding carboxylic acids is 4. The van der Waals surface area contributed by atoms with Crippen molar-refractivity contribution in [3.05, 3.63) is 0 Å². The number of phosphoric acid groups is 2. The molecule has 17 nitrogen and oxygen atoms in total. The van der Waals surface area contributed by atoms with Crippen LogP contribution in [0.4, 0.5) is 0 Å². The van der Waals surface area contributed by atoms with Gasteiger partial charge in [0.05, 0.1) is 26.4 Å². The van der Waals surface area contributed by atoms with Gasteiger partial charge in [0, 0.05) is 25.7 Å². The average molecular weight is 1370 g/mol. The first-order chi connectivity index (χ1) is 44.9. The third-order valence-corrected chi connectivity index (χ3v) is 19.5. The van der Waals surface area contributed by atoms with Crippen molar-refractivity contribution in [2.24, 2.45) is 11.8 Å². The molecule has 19 heteroatoms. The molecule has 0 saturated heterocycles.